The molecule has 0 aromatic heterocycles. The van der Waals surface area contributed by atoms with Gasteiger partial charge in [0.25, 0.3) is 11.8 Å². The minimum atomic E-state index is -0.497. The van der Waals surface area contributed by atoms with Crippen molar-refractivity contribution in [1.29, 1.82) is 5.26 Å². The second-order valence-corrected chi connectivity index (χ2v) is 6.31. The molecule has 0 spiro atoms. The summed E-state index contributed by atoms with van der Waals surface area (Å²) < 4.78 is 11.2. The van der Waals surface area contributed by atoms with E-state index in [0.29, 0.717) is 27.2 Å². The van der Waals surface area contributed by atoms with E-state index >= 15 is 0 Å². The third kappa shape index (κ3) is 3.78. The Morgan fingerprint density at radius 3 is 2.67 bits per heavy atom. The van der Waals surface area contributed by atoms with Crippen molar-refractivity contribution in [3.63, 3.8) is 0 Å². The third-order valence-electron chi connectivity index (χ3n) is 3.75. The molecule has 3 rings (SSSR count). The smallest absolute Gasteiger partial charge is 0.282 e. The van der Waals surface area contributed by atoms with Crippen LogP contribution in [0.15, 0.2) is 52.5 Å². The summed E-state index contributed by atoms with van der Waals surface area (Å²) in [6.07, 6.45) is 1.47. The third-order valence-corrected chi connectivity index (χ3v) is 4.34. The maximum absolute atomic E-state index is 12.6. The molecule has 2 aromatic carbocycles. The minimum absolute atomic E-state index is 0.00139. The molecule has 0 unspecified atom stereocenters. The van der Waals surface area contributed by atoms with Crippen LogP contribution in [0.3, 0.4) is 0 Å². The van der Waals surface area contributed by atoms with Crippen molar-refractivity contribution in [2.24, 2.45) is 0 Å². The first-order valence-corrected chi connectivity index (χ1v) is 8.64. The fourth-order valence-electron chi connectivity index (χ4n) is 2.55. The van der Waals surface area contributed by atoms with E-state index < -0.39 is 11.8 Å². The summed E-state index contributed by atoms with van der Waals surface area (Å²) >= 11 is 3.36. The second kappa shape index (κ2) is 7.93. The summed E-state index contributed by atoms with van der Waals surface area (Å²) in [5.41, 5.74) is 3.68. The number of hydrazine groups is 1. The summed E-state index contributed by atoms with van der Waals surface area (Å²) in [5, 5.41) is 9.88. The van der Waals surface area contributed by atoms with Crippen molar-refractivity contribution in [1.82, 2.24) is 5.43 Å². The summed E-state index contributed by atoms with van der Waals surface area (Å²) in [6.45, 7) is -0.137. The fourth-order valence-corrected chi connectivity index (χ4v) is 3.12. The van der Waals surface area contributed by atoms with Gasteiger partial charge in [-0.2, -0.15) is 5.26 Å². The van der Waals surface area contributed by atoms with Crippen molar-refractivity contribution in [3.05, 3.63) is 58.1 Å². The van der Waals surface area contributed by atoms with Crippen LogP contribution in [0.1, 0.15) is 5.56 Å². The lowest BCUT2D eigenvalue weighted by molar-refractivity contribution is -0.117. The van der Waals surface area contributed by atoms with Crippen LogP contribution in [0, 0.1) is 11.3 Å². The molecule has 1 N–H and O–H groups in total. The van der Waals surface area contributed by atoms with Crippen molar-refractivity contribution in [2.75, 3.05) is 18.7 Å². The van der Waals surface area contributed by atoms with E-state index in [2.05, 4.69) is 21.4 Å². The van der Waals surface area contributed by atoms with Gasteiger partial charge in [-0.25, -0.2) is 5.01 Å². The number of halogens is 1. The highest BCUT2D eigenvalue weighted by molar-refractivity contribution is 9.10. The maximum atomic E-state index is 12.6. The quantitative estimate of drug-likeness (QED) is 0.584. The molecule has 0 bridgehead atoms. The van der Waals surface area contributed by atoms with E-state index in [1.807, 2.05) is 12.1 Å². The molecule has 0 atom stereocenters. The van der Waals surface area contributed by atoms with E-state index in [1.165, 1.54) is 18.2 Å². The number of ether oxygens (including phenoxy) is 2. The molecule has 1 fully saturated rings. The molecule has 8 heteroatoms. The molecule has 0 aliphatic carbocycles. The van der Waals surface area contributed by atoms with Gasteiger partial charge in [-0.05, 0) is 51.8 Å². The molecule has 0 radical (unpaired) electrons. The van der Waals surface area contributed by atoms with E-state index in [4.69, 9.17) is 14.7 Å². The zero-order valence-corrected chi connectivity index (χ0v) is 15.8. The topological polar surface area (TPSA) is 91.7 Å². The number of hydrogen-bond donors (Lipinski definition) is 1. The van der Waals surface area contributed by atoms with Crippen LogP contribution >= 0.6 is 15.9 Å². The number of hydrogen-bond acceptors (Lipinski definition) is 5. The van der Waals surface area contributed by atoms with E-state index in [9.17, 15) is 9.59 Å². The Bertz CT molecular complexity index is 967. The average molecular weight is 428 g/mol. The molecule has 1 heterocycles. The number of carbonyl (C=O) groups excluding carboxylic acids is 2. The molecule has 1 saturated heterocycles. The lowest BCUT2D eigenvalue weighted by atomic mass is 10.1. The van der Waals surface area contributed by atoms with Crippen molar-refractivity contribution < 1.29 is 19.1 Å². The summed E-state index contributed by atoms with van der Waals surface area (Å²) in [4.78, 5) is 24.9. The summed E-state index contributed by atoms with van der Waals surface area (Å²) in [6, 6.07) is 14.0. The lowest BCUT2D eigenvalue weighted by Crippen LogP contribution is -2.35. The highest BCUT2D eigenvalue weighted by Gasteiger charge is 2.34. The number of nitrogens with zero attached hydrogens (tertiary/aromatic N) is 2. The summed E-state index contributed by atoms with van der Waals surface area (Å²) in [5.74, 6) is -0.207. The van der Waals surface area contributed by atoms with Crippen LogP contribution < -0.4 is 19.9 Å². The Morgan fingerprint density at radius 1 is 1.26 bits per heavy atom. The Kier molecular flexibility index (Phi) is 5.43. The van der Waals surface area contributed by atoms with Gasteiger partial charge in [-0.3, -0.25) is 15.0 Å². The van der Waals surface area contributed by atoms with Crippen LogP contribution in [-0.2, 0) is 9.59 Å². The number of rotatable bonds is 5. The highest BCUT2D eigenvalue weighted by atomic mass is 79.9. The normalized spacial score (nSPS) is 14.9. The largest absolute Gasteiger partial charge is 0.493 e. The van der Waals surface area contributed by atoms with Gasteiger partial charge in [-0.15, -0.1) is 0 Å². The van der Waals surface area contributed by atoms with Gasteiger partial charge in [0.1, 0.15) is 11.6 Å². The van der Waals surface area contributed by atoms with Crippen LogP contribution in [0.2, 0.25) is 0 Å². The first-order valence-electron chi connectivity index (χ1n) is 7.84. The molecule has 7 nitrogen and oxygen atoms in total. The van der Waals surface area contributed by atoms with Gasteiger partial charge in [0.2, 0.25) is 0 Å². The van der Waals surface area contributed by atoms with Gasteiger partial charge >= 0.3 is 0 Å². The summed E-state index contributed by atoms with van der Waals surface area (Å²) in [7, 11) is 1.46. The maximum Gasteiger partial charge on any atom is 0.282 e. The van der Waals surface area contributed by atoms with Crippen LogP contribution in [0.5, 0.6) is 11.5 Å². The number of benzene rings is 2. The predicted molar refractivity (Wildman–Crippen MR) is 102 cm³/mol. The molecule has 1 aliphatic heterocycles. The van der Waals surface area contributed by atoms with E-state index in [0.717, 1.165) is 0 Å². The molecular weight excluding hydrogens is 414 g/mol. The molecule has 2 aromatic rings. The van der Waals surface area contributed by atoms with Crippen molar-refractivity contribution in [2.45, 2.75) is 0 Å². The first-order chi connectivity index (χ1) is 13.0. The van der Waals surface area contributed by atoms with Gasteiger partial charge in [0.05, 0.1) is 17.3 Å². The molecule has 136 valence electrons. The molecule has 27 heavy (non-hydrogen) atoms. The van der Waals surface area contributed by atoms with Gasteiger partial charge in [-0.1, -0.05) is 18.2 Å². The zero-order chi connectivity index (χ0) is 19.4. The Labute approximate surface area is 163 Å². The number of carbonyl (C=O) groups is 2. The average Bonchev–Trinajstić information content (AvgIpc) is 2.95. The Hall–Kier alpha value is -3.31. The van der Waals surface area contributed by atoms with Crippen LogP contribution in [0.4, 0.5) is 5.69 Å². The monoisotopic (exact) mass is 427 g/mol. The molecule has 0 saturated carbocycles. The number of nitriles is 1. The number of amides is 2. The Balaban J connectivity index is 1.94. The van der Waals surface area contributed by atoms with Gasteiger partial charge in [0.15, 0.2) is 18.1 Å². The van der Waals surface area contributed by atoms with Crippen LogP contribution in [0.25, 0.3) is 6.08 Å². The first kappa shape index (κ1) is 18.5. The number of para-hydroxylation sites is 1. The predicted octanol–water partition coefficient (Wildman–Crippen LogP) is 2.82. The highest BCUT2D eigenvalue weighted by Crippen LogP contribution is 2.37. The van der Waals surface area contributed by atoms with E-state index in [1.54, 1.807) is 36.4 Å². The van der Waals surface area contributed by atoms with Crippen molar-refractivity contribution >= 4 is 39.5 Å². The molecule has 1 aliphatic rings. The zero-order valence-electron chi connectivity index (χ0n) is 14.2. The van der Waals surface area contributed by atoms with Crippen LogP contribution in [-0.4, -0.2) is 25.5 Å². The number of anilines is 1. The van der Waals surface area contributed by atoms with Gasteiger partial charge in [0, 0.05) is 0 Å². The molecular formula is C19H14BrN3O4. The van der Waals surface area contributed by atoms with E-state index in [-0.39, 0.29) is 12.2 Å². The number of methoxy groups -OCH3 is 1. The van der Waals surface area contributed by atoms with Gasteiger partial charge < -0.3 is 9.47 Å². The van der Waals surface area contributed by atoms with Crippen molar-refractivity contribution in [3.8, 4) is 17.6 Å². The second-order valence-electron chi connectivity index (χ2n) is 5.46. The minimum Gasteiger partial charge on any atom is -0.493 e. The fraction of sp³-hybridized carbons (Fsp3) is 0.105. The Morgan fingerprint density at radius 2 is 2.00 bits per heavy atom. The standard InChI is InChI=1S/C19H14BrN3O4/c1-26-16-11-12(10-15(20)17(16)27-8-7-21)9-14-18(24)22-23(19(14)25)13-5-3-2-4-6-13/h2-6,9-11H,8H2,1H3,(H,22,24)/b14-9-. The number of nitrogens with one attached hydrogen (secondary N) is 1. The lowest BCUT2D eigenvalue weighted by Gasteiger charge is -2.14. The SMILES string of the molecule is COc1cc(/C=C2/C(=O)NN(c3ccccc3)C2=O)cc(Br)c1OCC#N. The molecule has 2 amide bonds.